The second-order valence-corrected chi connectivity index (χ2v) is 4.90. The molecule has 0 amide bonds. The van der Waals surface area contributed by atoms with E-state index in [-0.39, 0.29) is 0 Å². The number of hydrogen-bond acceptors (Lipinski definition) is 5. The van der Waals surface area contributed by atoms with Crippen molar-refractivity contribution in [1.82, 2.24) is 9.97 Å². The smallest absolute Gasteiger partial charge is 0.226 e. The van der Waals surface area contributed by atoms with Crippen molar-refractivity contribution < 1.29 is 4.42 Å². The lowest BCUT2D eigenvalue weighted by Crippen LogP contribution is -2.36. The molecule has 0 saturated carbocycles. The summed E-state index contributed by atoms with van der Waals surface area (Å²) in [5, 5.41) is 0. The second-order valence-electron chi connectivity index (χ2n) is 4.90. The molecule has 1 aliphatic rings. The third-order valence-electron chi connectivity index (χ3n) is 3.62. The summed E-state index contributed by atoms with van der Waals surface area (Å²) in [4.78, 5) is 11.3. The zero-order valence-electron chi connectivity index (χ0n) is 11.0. The molecular formula is C14H18N4O. The van der Waals surface area contributed by atoms with E-state index in [4.69, 9.17) is 10.2 Å². The number of furan rings is 1. The van der Waals surface area contributed by atoms with Gasteiger partial charge in [0.25, 0.3) is 0 Å². The van der Waals surface area contributed by atoms with Crippen LogP contribution in [0.25, 0.3) is 11.5 Å². The fourth-order valence-corrected chi connectivity index (χ4v) is 2.58. The molecular weight excluding hydrogens is 240 g/mol. The van der Waals surface area contributed by atoms with Gasteiger partial charge >= 0.3 is 0 Å². The number of aromatic nitrogens is 2. The van der Waals surface area contributed by atoms with E-state index in [0.717, 1.165) is 42.4 Å². The molecule has 1 saturated heterocycles. The van der Waals surface area contributed by atoms with Gasteiger partial charge in [-0.05, 0) is 37.5 Å². The van der Waals surface area contributed by atoms with Crippen molar-refractivity contribution in [3.63, 3.8) is 0 Å². The van der Waals surface area contributed by atoms with E-state index < -0.39 is 0 Å². The minimum Gasteiger partial charge on any atom is -0.463 e. The molecule has 0 spiro atoms. The van der Waals surface area contributed by atoms with Crippen LogP contribution < -0.4 is 10.6 Å². The average molecular weight is 258 g/mol. The van der Waals surface area contributed by atoms with E-state index in [9.17, 15) is 0 Å². The van der Waals surface area contributed by atoms with Crippen LogP contribution in [-0.2, 0) is 0 Å². The highest BCUT2D eigenvalue weighted by atomic mass is 16.3. The molecule has 0 aromatic carbocycles. The number of nitrogens with two attached hydrogens (primary N) is 1. The molecule has 0 radical (unpaired) electrons. The fourth-order valence-electron chi connectivity index (χ4n) is 2.58. The minimum atomic E-state index is 0.354. The van der Waals surface area contributed by atoms with E-state index in [1.807, 2.05) is 25.3 Å². The number of rotatable bonds is 3. The lowest BCUT2D eigenvalue weighted by molar-refractivity contribution is 0.578. The molecule has 2 aromatic heterocycles. The highest BCUT2D eigenvalue weighted by Gasteiger charge is 2.26. The Balaban J connectivity index is 1.98. The predicted octanol–water partition coefficient (Wildman–Crippen LogP) is 1.97. The van der Waals surface area contributed by atoms with Crippen molar-refractivity contribution in [1.29, 1.82) is 0 Å². The van der Waals surface area contributed by atoms with Crippen LogP contribution in [-0.4, -0.2) is 29.1 Å². The van der Waals surface area contributed by atoms with Crippen LogP contribution in [0.15, 0.2) is 29.0 Å². The van der Waals surface area contributed by atoms with Crippen molar-refractivity contribution in [3.8, 4) is 11.5 Å². The number of nitrogens with zero attached hydrogens (tertiary/aromatic N) is 3. The van der Waals surface area contributed by atoms with Crippen LogP contribution in [0, 0.1) is 6.92 Å². The Hall–Kier alpha value is -1.88. The van der Waals surface area contributed by atoms with Crippen LogP contribution in [0.1, 0.15) is 18.4 Å². The van der Waals surface area contributed by atoms with Crippen LogP contribution >= 0.6 is 0 Å². The van der Waals surface area contributed by atoms with Crippen molar-refractivity contribution >= 4 is 5.95 Å². The molecule has 5 nitrogen and oxygen atoms in total. The van der Waals surface area contributed by atoms with Crippen molar-refractivity contribution in [2.24, 2.45) is 5.73 Å². The van der Waals surface area contributed by atoms with Gasteiger partial charge in [0.2, 0.25) is 5.95 Å². The summed E-state index contributed by atoms with van der Waals surface area (Å²) in [5.74, 6) is 1.54. The highest BCUT2D eigenvalue weighted by Crippen LogP contribution is 2.26. The van der Waals surface area contributed by atoms with E-state index in [0.29, 0.717) is 12.6 Å². The van der Waals surface area contributed by atoms with Gasteiger partial charge in [0.1, 0.15) is 5.69 Å². The van der Waals surface area contributed by atoms with Crippen molar-refractivity contribution in [2.75, 3.05) is 18.0 Å². The fraction of sp³-hybridized carbons (Fsp3) is 0.429. The summed E-state index contributed by atoms with van der Waals surface area (Å²) in [5.41, 5.74) is 7.68. The van der Waals surface area contributed by atoms with Crippen LogP contribution in [0.2, 0.25) is 0 Å². The van der Waals surface area contributed by atoms with Gasteiger partial charge in [0, 0.05) is 25.3 Å². The van der Waals surface area contributed by atoms with E-state index in [2.05, 4.69) is 14.9 Å². The van der Waals surface area contributed by atoms with Gasteiger partial charge in [-0.15, -0.1) is 0 Å². The van der Waals surface area contributed by atoms with Crippen molar-refractivity contribution in [2.45, 2.75) is 25.8 Å². The topological polar surface area (TPSA) is 68.2 Å². The average Bonchev–Trinajstić information content (AvgIpc) is 3.10. The van der Waals surface area contributed by atoms with Gasteiger partial charge in [-0.25, -0.2) is 9.97 Å². The van der Waals surface area contributed by atoms with Crippen LogP contribution in [0.5, 0.6) is 0 Å². The Morgan fingerprint density at radius 3 is 3.16 bits per heavy atom. The largest absolute Gasteiger partial charge is 0.463 e. The summed E-state index contributed by atoms with van der Waals surface area (Å²) in [6.45, 7) is 3.61. The molecule has 2 N–H and O–H groups in total. The van der Waals surface area contributed by atoms with Gasteiger partial charge in [-0.1, -0.05) is 0 Å². The summed E-state index contributed by atoms with van der Waals surface area (Å²) < 4.78 is 5.44. The third-order valence-corrected chi connectivity index (χ3v) is 3.62. The Morgan fingerprint density at radius 2 is 2.42 bits per heavy atom. The predicted molar refractivity (Wildman–Crippen MR) is 73.9 cm³/mol. The van der Waals surface area contributed by atoms with E-state index in [1.165, 1.54) is 0 Å². The molecule has 3 rings (SSSR count). The first-order valence-corrected chi connectivity index (χ1v) is 6.64. The SMILES string of the molecule is Cc1cnc(N2CCCC2CN)nc1-c1ccco1. The van der Waals surface area contributed by atoms with Gasteiger partial charge < -0.3 is 15.1 Å². The molecule has 0 aliphatic carbocycles. The number of hydrogen-bond donors (Lipinski definition) is 1. The van der Waals surface area contributed by atoms with Gasteiger partial charge in [0.05, 0.1) is 6.26 Å². The van der Waals surface area contributed by atoms with Gasteiger partial charge in [-0.3, -0.25) is 0 Å². The Kier molecular flexibility index (Phi) is 3.21. The molecule has 1 aliphatic heterocycles. The summed E-state index contributed by atoms with van der Waals surface area (Å²) in [6.07, 6.45) is 5.78. The lowest BCUT2D eigenvalue weighted by atomic mass is 10.2. The van der Waals surface area contributed by atoms with E-state index >= 15 is 0 Å². The summed E-state index contributed by atoms with van der Waals surface area (Å²) in [7, 11) is 0. The summed E-state index contributed by atoms with van der Waals surface area (Å²) in [6, 6.07) is 4.14. The van der Waals surface area contributed by atoms with Gasteiger partial charge in [-0.2, -0.15) is 0 Å². The van der Waals surface area contributed by atoms with Crippen molar-refractivity contribution in [3.05, 3.63) is 30.2 Å². The molecule has 1 fully saturated rings. The number of anilines is 1. The lowest BCUT2D eigenvalue weighted by Gasteiger charge is -2.23. The maximum Gasteiger partial charge on any atom is 0.226 e. The molecule has 5 heteroatoms. The zero-order valence-corrected chi connectivity index (χ0v) is 11.0. The molecule has 2 aromatic rings. The Labute approximate surface area is 112 Å². The molecule has 100 valence electrons. The third kappa shape index (κ3) is 2.21. The maximum absolute atomic E-state index is 5.81. The Morgan fingerprint density at radius 1 is 1.53 bits per heavy atom. The quantitative estimate of drug-likeness (QED) is 0.911. The standard InChI is InChI=1S/C14H18N4O/c1-10-9-16-14(18-6-2-4-11(18)8-15)17-13(10)12-5-3-7-19-12/h3,5,7,9,11H,2,4,6,8,15H2,1H3. The Bertz CT molecular complexity index is 553. The zero-order chi connectivity index (χ0) is 13.2. The first-order chi connectivity index (χ1) is 9.29. The van der Waals surface area contributed by atoms with E-state index in [1.54, 1.807) is 6.26 Å². The monoisotopic (exact) mass is 258 g/mol. The van der Waals surface area contributed by atoms with Crippen LogP contribution in [0.3, 0.4) is 0 Å². The summed E-state index contributed by atoms with van der Waals surface area (Å²) >= 11 is 0. The molecule has 3 heterocycles. The minimum absolute atomic E-state index is 0.354. The highest BCUT2D eigenvalue weighted by molar-refractivity contribution is 5.58. The first-order valence-electron chi connectivity index (χ1n) is 6.64. The normalized spacial score (nSPS) is 19.1. The molecule has 19 heavy (non-hydrogen) atoms. The number of aryl methyl sites for hydroxylation is 1. The molecule has 1 unspecified atom stereocenters. The van der Waals surface area contributed by atoms with Gasteiger partial charge in [0.15, 0.2) is 5.76 Å². The first kappa shape index (κ1) is 12.2. The second kappa shape index (κ2) is 5.01. The molecule has 1 atom stereocenters. The maximum atomic E-state index is 5.81. The van der Waals surface area contributed by atoms with Crippen LogP contribution in [0.4, 0.5) is 5.95 Å². The molecule has 0 bridgehead atoms.